The quantitative estimate of drug-likeness (QED) is 0.224. The summed E-state index contributed by atoms with van der Waals surface area (Å²) in [4.78, 5) is 12.6. The number of hydrogen-bond acceptors (Lipinski definition) is 7. The Morgan fingerprint density at radius 2 is 1.94 bits per heavy atom. The van der Waals surface area contributed by atoms with Crippen LogP contribution in [0.25, 0.3) is 0 Å². The van der Waals surface area contributed by atoms with Gasteiger partial charge in [-0.25, -0.2) is 9.18 Å². The van der Waals surface area contributed by atoms with E-state index in [-0.39, 0.29) is 23.2 Å². The van der Waals surface area contributed by atoms with Crippen molar-refractivity contribution in [3.63, 3.8) is 0 Å². The highest BCUT2D eigenvalue weighted by Crippen LogP contribution is 2.31. The Hall–Kier alpha value is -3.17. The van der Waals surface area contributed by atoms with E-state index in [4.69, 9.17) is 21.1 Å². The van der Waals surface area contributed by atoms with Crippen LogP contribution in [0.2, 0.25) is 5.02 Å². The molecule has 3 aromatic rings. The van der Waals surface area contributed by atoms with Crippen molar-refractivity contribution in [2.45, 2.75) is 27.3 Å². The maximum absolute atomic E-state index is 14.4. The van der Waals surface area contributed by atoms with E-state index in [2.05, 4.69) is 15.3 Å². The maximum atomic E-state index is 14.4. The number of aryl methyl sites for hydroxylation is 3. The molecule has 10 heteroatoms. The SMILES string of the molecule is COC(=O)N(Cc1ccc(C)cc1C)/N=C(\SC)c1cc(C)nnc1Oc1cccc(Cl)c1F. The summed E-state index contributed by atoms with van der Waals surface area (Å²) in [7, 11) is 1.29. The average molecular weight is 503 g/mol. The number of halogens is 2. The van der Waals surface area contributed by atoms with Crippen molar-refractivity contribution in [1.82, 2.24) is 15.2 Å². The number of thioether (sulfide) groups is 1. The third kappa shape index (κ3) is 6.03. The average Bonchev–Trinajstić information content (AvgIpc) is 2.81. The van der Waals surface area contributed by atoms with Crippen molar-refractivity contribution < 1.29 is 18.7 Å². The zero-order valence-electron chi connectivity index (χ0n) is 19.4. The molecular weight excluding hydrogens is 479 g/mol. The van der Waals surface area contributed by atoms with Gasteiger partial charge in [-0.15, -0.1) is 16.9 Å². The van der Waals surface area contributed by atoms with E-state index in [1.807, 2.05) is 32.0 Å². The molecule has 1 heterocycles. The molecule has 1 aromatic heterocycles. The molecule has 0 aliphatic rings. The largest absolute Gasteiger partial charge is 0.451 e. The molecule has 0 spiro atoms. The fourth-order valence-electron chi connectivity index (χ4n) is 3.12. The monoisotopic (exact) mass is 502 g/mol. The van der Waals surface area contributed by atoms with Gasteiger partial charge in [-0.1, -0.05) is 41.4 Å². The van der Waals surface area contributed by atoms with Crippen LogP contribution in [-0.2, 0) is 11.3 Å². The van der Waals surface area contributed by atoms with Gasteiger partial charge in [0.2, 0.25) is 5.88 Å². The van der Waals surface area contributed by atoms with Crippen molar-refractivity contribution in [1.29, 1.82) is 0 Å². The standard InChI is InChI=1S/C24H24ClFN4O3S/c1-14-9-10-17(15(2)11-14)13-30(24(31)32-4)29-23(34-5)18-12-16(3)27-28-22(18)33-20-8-6-7-19(25)21(20)26/h6-12H,13H2,1-5H3/b29-23-. The molecule has 0 saturated carbocycles. The second-order valence-corrected chi connectivity index (χ2v) is 8.63. The molecule has 178 valence electrons. The number of ether oxygens (including phenoxy) is 2. The lowest BCUT2D eigenvalue weighted by Gasteiger charge is -2.19. The number of methoxy groups -OCH3 is 1. The zero-order valence-corrected chi connectivity index (χ0v) is 21.0. The Morgan fingerprint density at radius 1 is 1.18 bits per heavy atom. The van der Waals surface area contributed by atoms with Crippen molar-refractivity contribution in [3.05, 3.63) is 81.3 Å². The molecule has 0 saturated heterocycles. The van der Waals surface area contributed by atoms with E-state index in [1.54, 1.807) is 25.3 Å². The van der Waals surface area contributed by atoms with Crippen LogP contribution >= 0.6 is 23.4 Å². The Labute approximate surface area is 206 Å². The highest BCUT2D eigenvalue weighted by molar-refractivity contribution is 8.13. The Kier molecular flexibility index (Phi) is 8.46. The van der Waals surface area contributed by atoms with E-state index < -0.39 is 11.9 Å². The van der Waals surface area contributed by atoms with Crippen molar-refractivity contribution in [3.8, 4) is 11.6 Å². The predicted octanol–water partition coefficient (Wildman–Crippen LogP) is 6.28. The number of amides is 1. The number of aromatic nitrogens is 2. The third-order valence-corrected chi connectivity index (χ3v) is 5.82. The number of carbonyl (C=O) groups excluding carboxylic acids is 1. The molecule has 34 heavy (non-hydrogen) atoms. The van der Waals surface area contributed by atoms with Crippen LogP contribution in [-0.4, -0.2) is 39.7 Å². The van der Waals surface area contributed by atoms with Gasteiger partial charge in [-0.3, -0.25) is 0 Å². The Morgan fingerprint density at radius 3 is 2.62 bits per heavy atom. The van der Waals surface area contributed by atoms with E-state index >= 15 is 0 Å². The van der Waals surface area contributed by atoms with E-state index in [1.165, 1.54) is 36.0 Å². The third-order valence-electron chi connectivity index (χ3n) is 4.84. The van der Waals surface area contributed by atoms with Crippen LogP contribution in [0, 0.1) is 26.6 Å². The van der Waals surface area contributed by atoms with Crippen LogP contribution in [0.3, 0.4) is 0 Å². The minimum Gasteiger partial charge on any atom is -0.451 e. The number of hydrazone groups is 1. The molecule has 0 aliphatic heterocycles. The number of nitrogens with zero attached hydrogens (tertiary/aromatic N) is 4. The second kappa shape index (κ2) is 11.3. The summed E-state index contributed by atoms with van der Waals surface area (Å²) in [5.74, 6) is -0.796. The van der Waals surface area contributed by atoms with Crippen molar-refractivity contribution in [2.24, 2.45) is 5.10 Å². The fourth-order valence-corrected chi connectivity index (χ4v) is 3.83. The van der Waals surface area contributed by atoms with Crippen LogP contribution in [0.5, 0.6) is 11.6 Å². The highest BCUT2D eigenvalue weighted by Gasteiger charge is 2.21. The lowest BCUT2D eigenvalue weighted by Crippen LogP contribution is -2.27. The molecule has 0 bridgehead atoms. The number of hydrogen-bond donors (Lipinski definition) is 0. The molecule has 7 nitrogen and oxygen atoms in total. The lowest BCUT2D eigenvalue weighted by molar-refractivity contribution is 0.122. The van der Waals surface area contributed by atoms with E-state index in [9.17, 15) is 9.18 Å². The van der Waals surface area contributed by atoms with Crippen molar-refractivity contribution >= 4 is 34.5 Å². The minimum absolute atomic E-state index is 0.0243. The summed E-state index contributed by atoms with van der Waals surface area (Å²) in [6.45, 7) is 5.92. The molecule has 0 fully saturated rings. The maximum Gasteiger partial charge on any atom is 0.430 e. The van der Waals surface area contributed by atoms with Gasteiger partial charge < -0.3 is 9.47 Å². The molecule has 2 aromatic carbocycles. The molecule has 1 amide bonds. The molecule has 3 rings (SSSR count). The highest BCUT2D eigenvalue weighted by atomic mass is 35.5. The first kappa shape index (κ1) is 25.5. The molecular formula is C24H24ClFN4O3S. The van der Waals surface area contributed by atoms with Gasteiger partial charge in [0.1, 0.15) is 5.04 Å². The summed E-state index contributed by atoms with van der Waals surface area (Å²) in [6.07, 6.45) is 1.17. The lowest BCUT2D eigenvalue weighted by atomic mass is 10.1. The van der Waals surface area contributed by atoms with Crippen LogP contribution in [0.15, 0.2) is 47.6 Å². The molecule has 0 atom stereocenters. The first-order valence-electron chi connectivity index (χ1n) is 10.2. The van der Waals surface area contributed by atoms with Gasteiger partial charge in [0.05, 0.1) is 29.9 Å². The first-order valence-corrected chi connectivity index (χ1v) is 11.8. The van der Waals surface area contributed by atoms with E-state index in [0.717, 1.165) is 16.7 Å². The predicted molar refractivity (Wildman–Crippen MR) is 132 cm³/mol. The minimum atomic E-state index is -0.717. The summed E-state index contributed by atoms with van der Waals surface area (Å²) in [5, 5.41) is 14.2. The van der Waals surface area contributed by atoms with Gasteiger partial charge in [0.15, 0.2) is 11.6 Å². The topological polar surface area (TPSA) is 76.9 Å². The fraction of sp³-hybridized carbons (Fsp3) is 0.250. The smallest absolute Gasteiger partial charge is 0.430 e. The van der Waals surface area contributed by atoms with E-state index in [0.29, 0.717) is 16.3 Å². The van der Waals surface area contributed by atoms with Gasteiger partial charge in [-0.2, -0.15) is 15.2 Å². The molecule has 0 radical (unpaired) electrons. The van der Waals surface area contributed by atoms with Gasteiger partial charge >= 0.3 is 6.09 Å². The van der Waals surface area contributed by atoms with Gasteiger partial charge in [0, 0.05) is 0 Å². The zero-order chi connectivity index (χ0) is 24.8. The van der Waals surface area contributed by atoms with Gasteiger partial charge in [-0.05, 0) is 56.4 Å². The number of benzene rings is 2. The number of rotatable bonds is 6. The van der Waals surface area contributed by atoms with Crippen LogP contribution in [0.1, 0.15) is 27.9 Å². The number of carbonyl (C=O) groups is 1. The first-order chi connectivity index (χ1) is 16.2. The molecule has 0 N–H and O–H groups in total. The molecule has 0 unspecified atom stereocenters. The second-order valence-electron chi connectivity index (χ2n) is 7.43. The van der Waals surface area contributed by atoms with Crippen molar-refractivity contribution in [2.75, 3.05) is 13.4 Å². The molecule has 0 aliphatic carbocycles. The Balaban J connectivity index is 2.04. The Bertz CT molecular complexity index is 1240. The van der Waals surface area contributed by atoms with Gasteiger partial charge in [0.25, 0.3) is 0 Å². The summed E-state index contributed by atoms with van der Waals surface area (Å²) < 4.78 is 25.1. The normalized spacial score (nSPS) is 11.3. The van der Waals surface area contributed by atoms with Crippen LogP contribution in [0.4, 0.5) is 9.18 Å². The van der Waals surface area contributed by atoms with Crippen LogP contribution < -0.4 is 4.74 Å². The summed E-state index contributed by atoms with van der Waals surface area (Å²) in [6, 6.07) is 12.1. The summed E-state index contributed by atoms with van der Waals surface area (Å²) >= 11 is 7.15. The summed E-state index contributed by atoms with van der Waals surface area (Å²) in [5.41, 5.74) is 4.09.